The minimum atomic E-state index is -0.261. The molecule has 0 spiro atoms. The number of aromatic amines is 1. The van der Waals surface area contributed by atoms with E-state index in [2.05, 4.69) is 20.5 Å². The van der Waals surface area contributed by atoms with Crippen LogP contribution in [0, 0.1) is 0 Å². The highest BCUT2D eigenvalue weighted by atomic mass is 35.5. The second kappa shape index (κ2) is 6.17. The normalized spacial score (nSPS) is 11.0. The summed E-state index contributed by atoms with van der Waals surface area (Å²) in [6.07, 6.45) is 3.34. The molecule has 3 aromatic heterocycles. The van der Waals surface area contributed by atoms with E-state index >= 15 is 0 Å². The first-order valence-corrected chi connectivity index (χ1v) is 6.98. The van der Waals surface area contributed by atoms with Gasteiger partial charge in [-0.2, -0.15) is 5.10 Å². The zero-order valence-electron chi connectivity index (χ0n) is 11.8. The average Bonchev–Trinajstić information content (AvgIpc) is 3.11. The molecule has 0 atom stereocenters. The molecule has 0 aliphatic heterocycles. The van der Waals surface area contributed by atoms with Gasteiger partial charge < -0.3 is 14.5 Å². The predicted molar refractivity (Wildman–Crippen MR) is 80.7 cm³/mol. The molecule has 3 aromatic rings. The Morgan fingerprint density at radius 1 is 1.45 bits per heavy atom. The van der Waals surface area contributed by atoms with Crippen LogP contribution in [0.4, 0.5) is 0 Å². The molecule has 0 bridgehead atoms. The highest BCUT2D eigenvalue weighted by molar-refractivity contribution is 6.30. The van der Waals surface area contributed by atoms with Crippen molar-refractivity contribution in [3.63, 3.8) is 0 Å². The molecule has 3 heterocycles. The highest BCUT2D eigenvalue weighted by Gasteiger charge is 2.11. The summed E-state index contributed by atoms with van der Waals surface area (Å²) in [6, 6.07) is 5.33. The molecular formula is C14H14ClN5O2. The summed E-state index contributed by atoms with van der Waals surface area (Å²) in [4.78, 5) is 16.4. The first-order chi connectivity index (χ1) is 10.7. The number of carbonyl (C=O) groups is 1. The predicted octanol–water partition coefficient (Wildman–Crippen LogP) is 1.79. The molecule has 1 amide bonds. The van der Waals surface area contributed by atoms with Crippen LogP contribution in [0.15, 0.2) is 30.6 Å². The number of nitrogens with one attached hydrogen (secondary N) is 2. The lowest BCUT2D eigenvalue weighted by Crippen LogP contribution is -2.23. The van der Waals surface area contributed by atoms with Gasteiger partial charge >= 0.3 is 0 Å². The van der Waals surface area contributed by atoms with Crippen LogP contribution in [0.5, 0.6) is 0 Å². The summed E-state index contributed by atoms with van der Waals surface area (Å²) in [5.74, 6) is -0.261. The molecular weight excluding hydrogens is 306 g/mol. The third kappa shape index (κ3) is 3.10. The van der Waals surface area contributed by atoms with Crippen molar-refractivity contribution in [2.45, 2.75) is 13.2 Å². The monoisotopic (exact) mass is 319 g/mol. The maximum absolute atomic E-state index is 12.1. The Morgan fingerprint density at radius 2 is 2.32 bits per heavy atom. The molecule has 0 aliphatic carbocycles. The summed E-state index contributed by atoms with van der Waals surface area (Å²) in [5, 5.41) is 10.3. The molecule has 0 radical (unpaired) electrons. The summed E-state index contributed by atoms with van der Waals surface area (Å²) in [7, 11) is 1.60. The number of nitrogens with zero attached hydrogens (tertiary/aromatic N) is 3. The molecule has 0 fully saturated rings. The van der Waals surface area contributed by atoms with Crippen LogP contribution < -0.4 is 5.32 Å². The fourth-order valence-corrected chi connectivity index (χ4v) is 2.23. The number of pyridine rings is 1. The van der Waals surface area contributed by atoms with Gasteiger partial charge in [-0.05, 0) is 18.2 Å². The van der Waals surface area contributed by atoms with E-state index in [1.165, 1.54) is 0 Å². The molecule has 0 saturated heterocycles. The Labute approximate surface area is 131 Å². The molecule has 0 aromatic carbocycles. The van der Waals surface area contributed by atoms with Gasteiger partial charge in [0, 0.05) is 19.5 Å². The van der Waals surface area contributed by atoms with Crippen molar-refractivity contribution in [1.29, 1.82) is 0 Å². The lowest BCUT2D eigenvalue weighted by molar-refractivity contribution is 0.0946. The van der Waals surface area contributed by atoms with Crippen molar-refractivity contribution in [3.8, 4) is 0 Å². The van der Waals surface area contributed by atoms with Crippen LogP contribution in [0.3, 0.4) is 0 Å². The van der Waals surface area contributed by atoms with Crippen molar-refractivity contribution in [1.82, 2.24) is 24.9 Å². The van der Waals surface area contributed by atoms with Gasteiger partial charge in [-0.1, -0.05) is 11.6 Å². The maximum Gasteiger partial charge on any atom is 0.271 e. The number of imidazole rings is 1. The third-order valence-electron chi connectivity index (χ3n) is 3.06. The van der Waals surface area contributed by atoms with Gasteiger partial charge in [-0.3, -0.25) is 9.89 Å². The Morgan fingerprint density at radius 3 is 3.14 bits per heavy atom. The molecule has 0 aliphatic rings. The van der Waals surface area contributed by atoms with E-state index in [4.69, 9.17) is 16.3 Å². The Bertz CT molecular complexity index is 811. The smallest absolute Gasteiger partial charge is 0.271 e. The lowest BCUT2D eigenvalue weighted by Gasteiger charge is -1.99. The van der Waals surface area contributed by atoms with Crippen LogP contribution in [0.25, 0.3) is 5.65 Å². The van der Waals surface area contributed by atoms with Crippen LogP contribution >= 0.6 is 11.6 Å². The third-order valence-corrected chi connectivity index (χ3v) is 3.29. The van der Waals surface area contributed by atoms with Gasteiger partial charge in [0.1, 0.15) is 11.3 Å². The fraction of sp³-hybridized carbons (Fsp3) is 0.214. The molecule has 2 N–H and O–H groups in total. The highest BCUT2D eigenvalue weighted by Crippen LogP contribution is 2.11. The Hall–Kier alpha value is -2.38. The standard InChI is InChI=1S/C14H14ClN5O2/c1-22-8-11-4-10(18-19-11)5-16-14(21)12-7-20-6-9(15)2-3-13(20)17-12/h2-4,6-7H,5,8H2,1H3,(H,16,21)(H,18,19). The van der Waals surface area contributed by atoms with E-state index in [0.717, 1.165) is 11.4 Å². The zero-order chi connectivity index (χ0) is 15.5. The Balaban J connectivity index is 1.67. The van der Waals surface area contributed by atoms with Crippen LogP contribution in [0.2, 0.25) is 5.02 Å². The number of amides is 1. The largest absolute Gasteiger partial charge is 0.378 e. The van der Waals surface area contributed by atoms with Gasteiger partial charge in [0.25, 0.3) is 5.91 Å². The summed E-state index contributed by atoms with van der Waals surface area (Å²) >= 11 is 5.91. The van der Waals surface area contributed by atoms with E-state index in [0.29, 0.717) is 29.5 Å². The van der Waals surface area contributed by atoms with E-state index in [1.807, 2.05) is 6.07 Å². The SMILES string of the molecule is COCc1cc(CNC(=O)c2cn3cc(Cl)ccc3n2)[nH]n1. The molecule has 7 nitrogen and oxygen atoms in total. The van der Waals surface area contributed by atoms with Gasteiger partial charge in [-0.25, -0.2) is 4.98 Å². The van der Waals surface area contributed by atoms with E-state index in [9.17, 15) is 4.79 Å². The van der Waals surface area contributed by atoms with Crippen molar-refractivity contribution < 1.29 is 9.53 Å². The van der Waals surface area contributed by atoms with Crippen molar-refractivity contribution in [2.24, 2.45) is 0 Å². The van der Waals surface area contributed by atoms with Crippen molar-refractivity contribution in [3.05, 3.63) is 52.7 Å². The van der Waals surface area contributed by atoms with Crippen molar-refractivity contribution >= 4 is 23.2 Å². The molecule has 0 unspecified atom stereocenters. The number of rotatable bonds is 5. The molecule has 0 saturated carbocycles. The summed E-state index contributed by atoms with van der Waals surface area (Å²) < 4.78 is 6.70. The lowest BCUT2D eigenvalue weighted by atomic mass is 10.3. The minimum Gasteiger partial charge on any atom is -0.378 e. The number of ether oxygens (including phenoxy) is 1. The first-order valence-electron chi connectivity index (χ1n) is 6.60. The molecule has 3 rings (SSSR count). The number of hydrogen-bond acceptors (Lipinski definition) is 4. The van der Waals surface area contributed by atoms with Gasteiger partial charge in [0.15, 0.2) is 0 Å². The fourth-order valence-electron chi connectivity index (χ4n) is 2.06. The number of carbonyl (C=O) groups excluding carboxylic acids is 1. The second-order valence-corrected chi connectivity index (χ2v) is 5.18. The van der Waals surface area contributed by atoms with Crippen LogP contribution in [-0.4, -0.2) is 32.6 Å². The zero-order valence-corrected chi connectivity index (χ0v) is 12.6. The minimum absolute atomic E-state index is 0.261. The Kier molecular flexibility index (Phi) is 4.08. The number of hydrogen-bond donors (Lipinski definition) is 2. The van der Waals surface area contributed by atoms with E-state index in [1.54, 1.807) is 36.0 Å². The maximum atomic E-state index is 12.1. The van der Waals surface area contributed by atoms with E-state index in [-0.39, 0.29) is 5.91 Å². The second-order valence-electron chi connectivity index (χ2n) is 4.74. The number of halogens is 1. The van der Waals surface area contributed by atoms with E-state index < -0.39 is 0 Å². The first kappa shape index (κ1) is 14.6. The van der Waals surface area contributed by atoms with Crippen LogP contribution in [0.1, 0.15) is 21.9 Å². The molecule has 114 valence electrons. The van der Waals surface area contributed by atoms with Crippen LogP contribution in [-0.2, 0) is 17.9 Å². The number of fused-ring (bicyclic) bond motifs is 1. The topological polar surface area (TPSA) is 84.3 Å². The van der Waals surface area contributed by atoms with Gasteiger partial charge in [0.2, 0.25) is 0 Å². The molecule has 8 heteroatoms. The average molecular weight is 320 g/mol. The number of H-pyrrole nitrogens is 1. The summed E-state index contributed by atoms with van der Waals surface area (Å²) in [5.41, 5.74) is 2.58. The summed E-state index contributed by atoms with van der Waals surface area (Å²) in [6.45, 7) is 0.766. The quantitative estimate of drug-likeness (QED) is 0.751. The van der Waals surface area contributed by atoms with Gasteiger partial charge in [-0.15, -0.1) is 0 Å². The number of methoxy groups -OCH3 is 1. The van der Waals surface area contributed by atoms with Crippen molar-refractivity contribution in [2.75, 3.05) is 7.11 Å². The molecule has 22 heavy (non-hydrogen) atoms. The number of aromatic nitrogens is 4. The van der Waals surface area contributed by atoms with Gasteiger partial charge in [0.05, 0.1) is 29.6 Å².